The van der Waals surface area contributed by atoms with E-state index in [-0.39, 0.29) is 12.3 Å². The number of sulfonamides is 1. The summed E-state index contributed by atoms with van der Waals surface area (Å²) in [6.07, 6.45) is 0. The van der Waals surface area contributed by atoms with E-state index in [0.29, 0.717) is 6.61 Å². The molecule has 0 aliphatic heterocycles. The van der Waals surface area contributed by atoms with Gasteiger partial charge in [0.25, 0.3) is 0 Å². The molecular weight excluding hydrogens is 206 g/mol. The van der Waals surface area contributed by atoms with Crippen molar-refractivity contribution >= 4 is 10.0 Å². The largest absolute Gasteiger partial charge is 0.382 e. The van der Waals surface area contributed by atoms with Crippen LogP contribution in [0.25, 0.3) is 0 Å². The molecule has 5 nitrogen and oxygen atoms in total. The summed E-state index contributed by atoms with van der Waals surface area (Å²) in [5.41, 5.74) is -0.614. The number of methoxy groups -OCH3 is 2. The zero-order valence-electron chi connectivity index (χ0n) is 9.16. The maximum Gasteiger partial charge on any atom is 0.211 e. The highest BCUT2D eigenvalue weighted by Crippen LogP contribution is 2.08. The summed E-state index contributed by atoms with van der Waals surface area (Å²) in [6.45, 7) is 3.93. The van der Waals surface area contributed by atoms with Gasteiger partial charge in [-0.1, -0.05) is 0 Å². The average Bonchev–Trinajstić information content (AvgIpc) is 2.16. The van der Waals surface area contributed by atoms with Gasteiger partial charge in [-0.3, -0.25) is 0 Å². The zero-order valence-corrected chi connectivity index (χ0v) is 9.98. The molecule has 0 spiro atoms. The lowest BCUT2D eigenvalue weighted by Gasteiger charge is -2.27. The first-order valence-electron chi connectivity index (χ1n) is 4.40. The second-order valence-corrected chi connectivity index (χ2v) is 5.41. The molecule has 0 saturated carbocycles. The van der Waals surface area contributed by atoms with Crippen LogP contribution in [0, 0.1) is 0 Å². The van der Waals surface area contributed by atoms with Gasteiger partial charge in [0.15, 0.2) is 0 Å². The Hall–Kier alpha value is -0.170. The number of ether oxygens (including phenoxy) is 2. The molecule has 0 aliphatic rings. The van der Waals surface area contributed by atoms with Crippen LogP contribution in [0.2, 0.25) is 0 Å². The van der Waals surface area contributed by atoms with Gasteiger partial charge in [-0.05, 0) is 13.8 Å². The van der Waals surface area contributed by atoms with Crippen LogP contribution in [0.1, 0.15) is 13.8 Å². The highest BCUT2D eigenvalue weighted by Gasteiger charge is 2.25. The lowest BCUT2D eigenvalue weighted by atomic mass is 10.1. The summed E-state index contributed by atoms with van der Waals surface area (Å²) in [6, 6.07) is 0. The lowest BCUT2D eigenvalue weighted by molar-refractivity contribution is -0.0460. The predicted octanol–water partition coefficient (Wildman–Crippen LogP) is -0.0228. The first kappa shape index (κ1) is 13.8. The monoisotopic (exact) mass is 225 g/mol. The summed E-state index contributed by atoms with van der Waals surface area (Å²) in [5, 5.41) is 0. The summed E-state index contributed by atoms with van der Waals surface area (Å²) in [7, 11) is -0.0924. The summed E-state index contributed by atoms with van der Waals surface area (Å²) in [4.78, 5) is 0. The van der Waals surface area contributed by atoms with Crippen LogP contribution in [0.5, 0.6) is 0 Å². The van der Waals surface area contributed by atoms with Crippen LogP contribution >= 0.6 is 0 Å². The molecule has 1 unspecified atom stereocenters. The van der Waals surface area contributed by atoms with Gasteiger partial charge in [0.1, 0.15) is 5.60 Å². The minimum Gasteiger partial charge on any atom is -0.382 e. The molecule has 6 heteroatoms. The Morgan fingerprint density at radius 3 is 2.29 bits per heavy atom. The van der Waals surface area contributed by atoms with E-state index in [1.165, 1.54) is 7.11 Å². The minimum absolute atomic E-state index is 0.0692. The molecule has 0 aromatic heterocycles. The van der Waals surface area contributed by atoms with E-state index in [1.54, 1.807) is 21.0 Å². The van der Waals surface area contributed by atoms with Gasteiger partial charge in [-0.2, -0.15) is 0 Å². The Kier molecular flexibility index (Phi) is 5.58. The van der Waals surface area contributed by atoms with E-state index in [2.05, 4.69) is 4.72 Å². The van der Waals surface area contributed by atoms with Crippen molar-refractivity contribution in [3.05, 3.63) is 0 Å². The van der Waals surface area contributed by atoms with Gasteiger partial charge in [0.05, 0.1) is 12.4 Å². The quantitative estimate of drug-likeness (QED) is 0.661. The molecule has 0 heterocycles. The third-order valence-electron chi connectivity index (χ3n) is 1.99. The Morgan fingerprint density at radius 2 is 1.93 bits per heavy atom. The number of hydrogen-bond donors (Lipinski definition) is 1. The van der Waals surface area contributed by atoms with E-state index in [9.17, 15) is 8.42 Å². The topological polar surface area (TPSA) is 64.6 Å². The molecule has 0 bridgehead atoms. The van der Waals surface area contributed by atoms with Gasteiger partial charge in [0.2, 0.25) is 10.0 Å². The third kappa shape index (κ3) is 4.90. The van der Waals surface area contributed by atoms with Crippen LogP contribution in [0.15, 0.2) is 0 Å². The normalized spacial score (nSPS) is 16.6. The second-order valence-electron chi connectivity index (χ2n) is 3.31. The molecule has 0 rings (SSSR count). The highest BCUT2D eigenvalue weighted by atomic mass is 32.2. The molecule has 0 fully saturated rings. The van der Waals surface area contributed by atoms with Crippen molar-refractivity contribution in [2.45, 2.75) is 19.4 Å². The smallest absolute Gasteiger partial charge is 0.211 e. The zero-order chi connectivity index (χ0) is 11.2. The van der Waals surface area contributed by atoms with Crippen LogP contribution in [-0.4, -0.2) is 47.1 Å². The summed E-state index contributed by atoms with van der Waals surface area (Å²) < 4.78 is 34.9. The van der Waals surface area contributed by atoms with E-state index < -0.39 is 15.6 Å². The van der Waals surface area contributed by atoms with Crippen molar-refractivity contribution in [3.8, 4) is 0 Å². The Balaban J connectivity index is 4.21. The van der Waals surface area contributed by atoms with Crippen LogP contribution in [-0.2, 0) is 19.5 Å². The molecule has 0 amide bonds. The van der Waals surface area contributed by atoms with Crippen molar-refractivity contribution < 1.29 is 17.9 Å². The van der Waals surface area contributed by atoms with Crippen LogP contribution in [0.4, 0.5) is 0 Å². The molecule has 1 atom stereocenters. The average molecular weight is 225 g/mol. The van der Waals surface area contributed by atoms with Gasteiger partial charge >= 0.3 is 0 Å². The van der Waals surface area contributed by atoms with E-state index in [4.69, 9.17) is 9.47 Å². The number of hydrogen-bond acceptors (Lipinski definition) is 4. The fraction of sp³-hybridized carbons (Fsp3) is 1.00. The standard InChI is InChI=1S/C8H19NO4S/c1-5-14(10,11)9-6-8(2,13-4)7-12-3/h9H,5-7H2,1-4H3. The van der Waals surface area contributed by atoms with Crippen molar-refractivity contribution in [2.24, 2.45) is 0 Å². The maximum atomic E-state index is 11.2. The molecule has 86 valence electrons. The van der Waals surface area contributed by atoms with E-state index in [1.807, 2.05) is 0 Å². The molecular formula is C8H19NO4S. The molecule has 0 aromatic carbocycles. The maximum absolute atomic E-state index is 11.2. The highest BCUT2D eigenvalue weighted by molar-refractivity contribution is 7.89. The van der Waals surface area contributed by atoms with Gasteiger partial charge in [0, 0.05) is 20.8 Å². The first-order valence-corrected chi connectivity index (χ1v) is 6.06. The summed E-state index contributed by atoms with van der Waals surface area (Å²) in [5.74, 6) is 0.0692. The fourth-order valence-electron chi connectivity index (χ4n) is 0.852. The number of rotatable bonds is 7. The molecule has 14 heavy (non-hydrogen) atoms. The van der Waals surface area contributed by atoms with Crippen LogP contribution < -0.4 is 4.72 Å². The number of nitrogens with one attached hydrogen (secondary N) is 1. The minimum atomic E-state index is -3.17. The molecule has 0 saturated heterocycles. The lowest BCUT2D eigenvalue weighted by Crippen LogP contribution is -2.45. The first-order chi connectivity index (χ1) is 6.39. The van der Waals surface area contributed by atoms with Crippen molar-refractivity contribution in [1.82, 2.24) is 4.72 Å². The molecule has 1 N–H and O–H groups in total. The Morgan fingerprint density at radius 1 is 1.36 bits per heavy atom. The van der Waals surface area contributed by atoms with Gasteiger partial charge in [-0.15, -0.1) is 0 Å². The Labute approximate surface area is 85.8 Å². The molecule has 0 aromatic rings. The van der Waals surface area contributed by atoms with Crippen molar-refractivity contribution in [3.63, 3.8) is 0 Å². The van der Waals surface area contributed by atoms with Crippen LogP contribution in [0.3, 0.4) is 0 Å². The second kappa shape index (κ2) is 5.65. The SMILES string of the molecule is CCS(=O)(=O)NCC(C)(COC)OC. The predicted molar refractivity (Wildman–Crippen MR) is 54.8 cm³/mol. The molecule has 0 aliphatic carbocycles. The Bertz CT molecular complexity index is 252. The van der Waals surface area contributed by atoms with E-state index in [0.717, 1.165) is 0 Å². The molecule has 0 radical (unpaired) electrons. The summed E-state index contributed by atoms with van der Waals surface area (Å²) >= 11 is 0. The third-order valence-corrected chi connectivity index (χ3v) is 3.33. The fourth-order valence-corrected chi connectivity index (χ4v) is 1.58. The van der Waals surface area contributed by atoms with Gasteiger partial charge < -0.3 is 9.47 Å². The van der Waals surface area contributed by atoms with E-state index >= 15 is 0 Å². The van der Waals surface area contributed by atoms with Crippen molar-refractivity contribution in [1.29, 1.82) is 0 Å². The van der Waals surface area contributed by atoms with Gasteiger partial charge in [-0.25, -0.2) is 13.1 Å². The van der Waals surface area contributed by atoms with Crippen molar-refractivity contribution in [2.75, 3.05) is 33.1 Å².